The fourth-order valence-electron chi connectivity index (χ4n) is 1.65. The van der Waals surface area contributed by atoms with Crippen LogP contribution in [0.3, 0.4) is 0 Å². The second-order valence-corrected chi connectivity index (χ2v) is 5.31. The topological polar surface area (TPSA) is 32.3 Å². The van der Waals surface area contributed by atoms with Gasteiger partial charge in [-0.1, -0.05) is 36.5 Å². The average Bonchev–Trinajstić information content (AvgIpc) is 2.38. The van der Waals surface area contributed by atoms with Crippen LogP contribution in [-0.4, -0.2) is 30.9 Å². The van der Waals surface area contributed by atoms with Crippen LogP contribution < -0.4 is 5.32 Å². The van der Waals surface area contributed by atoms with E-state index < -0.39 is 0 Å². The monoisotopic (exact) mass is 302 g/mol. The van der Waals surface area contributed by atoms with Crippen LogP contribution in [-0.2, 0) is 4.79 Å². The Morgan fingerprint density at radius 2 is 2.11 bits per heavy atom. The molecule has 0 bridgehead atoms. The summed E-state index contributed by atoms with van der Waals surface area (Å²) in [5, 5.41) is 4.32. The largest absolute Gasteiger partial charge is 0.383 e. The van der Waals surface area contributed by atoms with E-state index in [1.807, 2.05) is 13.1 Å². The SMILES string of the molecule is CCCCN(C)C(=O)CCNc1ccc(Cl)cc1Cl. The van der Waals surface area contributed by atoms with Crippen LogP contribution in [0.1, 0.15) is 26.2 Å². The molecule has 19 heavy (non-hydrogen) atoms. The van der Waals surface area contributed by atoms with Crippen LogP contribution in [0.25, 0.3) is 0 Å². The van der Waals surface area contributed by atoms with Crippen molar-refractivity contribution in [2.45, 2.75) is 26.2 Å². The maximum absolute atomic E-state index is 11.8. The molecule has 1 rings (SSSR count). The molecule has 1 aromatic rings. The molecule has 0 aliphatic heterocycles. The molecular formula is C14H20Cl2N2O. The van der Waals surface area contributed by atoms with Crippen LogP contribution in [0, 0.1) is 0 Å². The van der Waals surface area contributed by atoms with Gasteiger partial charge in [0.2, 0.25) is 5.91 Å². The zero-order valence-corrected chi connectivity index (χ0v) is 12.9. The molecule has 106 valence electrons. The van der Waals surface area contributed by atoms with Crippen molar-refractivity contribution < 1.29 is 4.79 Å². The van der Waals surface area contributed by atoms with Gasteiger partial charge in [0.1, 0.15) is 0 Å². The third-order valence-corrected chi connectivity index (χ3v) is 3.41. The fourth-order valence-corrected chi connectivity index (χ4v) is 2.12. The second-order valence-electron chi connectivity index (χ2n) is 4.47. The van der Waals surface area contributed by atoms with E-state index in [1.165, 1.54) is 0 Å². The van der Waals surface area contributed by atoms with E-state index in [-0.39, 0.29) is 5.91 Å². The number of halogens is 2. The summed E-state index contributed by atoms with van der Waals surface area (Å²) in [5.41, 5.74) is 0.801. The minimum absolute atomic E-state index is 0.144. The number of anilines is 1. The molecule has 0 fully saturated rings. The Hall–Kier alpha value is -0.930. The summed E-state index contributed by atoms with van der Waals surface area (Å²) >= 11 is 11.9. The molecule has 3 nitrogen and oxygen atoms in total. The normalized spacial score (nSPS) is 10.3. The number of unbranched alkanes of at least 4 members (excludes halogenated alkanes) is 1. The molecule has 1 aromatic carbocycles. The van der Waals surface area contributed by atoms with Crippen molar-refractivity contribution in [3.8, 4) is 0 Å². The van der Waals surface area contributed by atoms with E-state index in [9.17, 15) is 4.79 Å². The van der Waals surface area contributed by atoms with Gasteiger partial charge >= 0.3 is 0 Å². The third kappa shape index (κ3) is 5.70. The van der Waals surface area contributed by atoms with E-state index >= 15 is 0 Å². The maximum Gasteiger partial charge on any atom is 0.224 e. The predicted molar refractivity (Wildman–Crippen MR) is 82.1 cm³/mol. The molecule has 1 amide bonds. The van der Waals surface area contributed by atoms with Crippen LogP contribution in [0.5, 0.6) is 0 Å². The van der Waals surface area contributed by atoms with Gasteiger partial charge in [0.05, 0.1) is 10.7 Å². The summed E-state index contributed by atoms with van der Waals surface area (Å²) in [6, 6.07) is 5.27. The van der Waals surface area contributed by atoms with Crippen LogP contribution >= 0.6 is 23.2 Å². The fraction of sp³-hybridized carbons (Fsp3) is 0.500. The highest BCUT2D eigenvalue weighted by Gasteiger charge is 2.08. The number of amides is 1. The van der Waals surface area contributed by atoms with Crippen molar-refractivity contribution in [3.63, 3.8) is 0 Å². The molecule has 0 aliphatic rings. The molecule has 0 aliphatic carbocycles. The number of hydrogen-bond donors (Lipinski definition) is 1. The smallest absolute Gasteiger partial charge is 0.224 e. The molecule has 0 heterocycles. The first-order valence-corrected chi connectivity index (χ1v) is 7.23. The lowest BCUT2D eigenvalue weighted by Gasteiger charge is -2.17. The number of benzene rings is 1. The van der Waals surface area contributed by atoms with Gasteiger partial charge in [0.25, 0.3) is 0 Å². The van der Waals surface area contributed by atoms with Crippen LogP contribution in [0.2, 0.25) is 10.0 Å². The summed E-state index contributed by atoms with van der Waals surface area (Å²) in [6.07, 6.45) is 2.59. The first-order chi connectivity index (χ1) is 9.04. The van der Waals surface area contributed by atoms with Crippen molar-refractivity contribution in [1.29, 1.82) is 0 Å². The van der Waals surface area contributed by atoms with Crippen molar-refractivity contribution in [3.05, 3.63) is 28.2 Å². The predicted octanol–water partition coefficient (Wildman–Crippen LogP) is 4.05. The Morgan fingerprint density at radius 3 is 2.74 bits per heavy atom. The minimum Gasteiger partial charge on any atom is -0.383 e. The first kappa shape index (κ1) is 16.1. The van der Waals surface area contributed by atoms with Gasteiger partial charge in [0.15, 0.2) is 0 Å². The standard InChI is InChI=1S/C14H20Cl2N2O/c1-3-4-9-18(2)14(19)7-8-17-13-6-5-11(15)10-12(13)16/h5-6,10,17H,3-4,7-9H2,1-2H3. The molecular weight excluding hydrogens is 283 g/mol. The summed E-state index contributed by atoms with van der Waals surface area (Å²) in [7, 11) is 1.84. The van der Waals surface area contributed by atoms with E-state index in [0.29, 0.717) is 23.0 Å². The van der Waals surface area contributed by atoms with Gasteiger partial charge in [0, 0.05) is 31.6 Å². The molecule has 0 atom stereocenters. The lowest BCUT2D eigenvalue weighted by molar-refractivity contribution is -0.129. The number of carbonyl (C=O) groups excluding carboxylic acids is 1. The zero-order valence-electron chi connectivity index (χ0n) is 11.4. The van der Waals surface area contributed by atoms with Gasteiger partial charge in [-0.05, 0) is 24.6 Å². The maximum atomic E-state index is 11.8. The average molecular weight is 303 g/mol. The van der Waals surface area contributed by atoms with Gasteiger partial charge in [-0.2, -0.15) is 0 Å². The molecule has 0 saturated carbocycles. The van der Waals surface area contributed by atoms with Crippen molar-refractivity contribution in [1.82, 2.24) is 4.90 Å². The van der Waals surface area contributed by atoms with Crippen LogP contribution in [0.15, 0.2) is 18.2 Å². The van der Waals surface area contributed by atoms with Crippen molar-refractivity contribution in [2.75, 3.05) is 25.5 Å². The van der Waals surface area contributed by atoms with E-state index in [4.69, 9.17) is 23.2 Å². The second kappa shape index (κ2) is 8.28. The lowest BCUT2D eigenvalue weighted by atomic mass is 10.3. The number of hydrogen-bond acceptors (Lipinski definition) is 2. The number of carbonyl (C=O) groups is 1. The lowest BCUT2D eigenvalue weighted by Crippen LogP contribution is -2.29. The number of rotatable bonds is 7. The van der Waals surface area contributed by atoms with Crippen molar-refractivity contribution >= 4 is 34.8 Å². The Labute approximate surface area is 124 Å². The number of nitrogens with one attached hydrogen (secondary N) is 1. The highest BCUT2D eigenvalue weighted by molar-refractivity contribution is 6.36. The highest BCUT2D eigenvalue weighted by Crippen LogP contribution is 2.25. The molecule has 1 N–H and O–H groups in total. The Morgan fingerprint density at radius 1 is 1.37 bits per heavy atom. The molecule has 0 saturated heterocycles. The van der Waals surface area contributed by atoms with Gasteiger partial charge in [-0.3, -0.25) is 4.79 Å². The summed E-state index contributed by atoms with van der Waals surface area (Å²) in [4.78, 5) is 13.6. The number of nitrogens with zero attached hydrogens (tertiary/aromatic N) is 1. The van der Waals surface area contributed by atoms with Crippen LogP contribution in [0.4, 0.5) is 5.69 Å². The first-order valence-electron chi connectivity index (χ1n) is 6.47. The molecule has 0 unspecified atom stereocenters. The quantitative estimate of drug-likeness (QED) is 0.824. The van der Waals surface area contributed by atoms with Crippen molar-refractivity contribution in [2.24, 2.45) is 0 Å². The molecule has 5 heteroatoms. The van der Waals surface area contributed by atoms with E-state index in [0.717, 1.165) is 25.1 Å². The molecule has 0 radical (unpaired) electrons. The Bertz CT molecular complexity index is 424. The third-order valence-electron chi connectivity index (χ3n) is 2.86. The van der Waals surface area contributed by atoms with E-state index in [2.05, 4.69) is 12.2 Å². The minimum atomic E-state index is 0.144. The summed E-state index contributed by atoms with van der Waals surface area (Å²) in [6.45, 7) is 3.50. The van der Waals surface area contributed by atoms with E-state index in [1.54, 1.807) is 17.0 Å². The Balaban J connectivity index is 2.35. The summed E-state index contributed by atoms with van der Waals surface area (Å²) in [5.74, 6) is 0.144. The molecule has 0 aromatic heterocycles. The Kier molecular flexibility index (Phi) is 7.03. The highest BCUT2D eigenvalue weighted by atomic mass is 35.5. The van der Waals surface area contributed by atoms with Gasteiger partial charge in [-0.25, -0.2) is 0 Å². The van der Waals surface area contributed by atoms with Gasteiger partial charge < -0.3 is 10.2 Å². The zero-order chi connectivity index (χ0) is 14.3. The van der Waals surface area contributed by atoms with Gasteiger partial charge in [-0.15, -0.1) is 0 Å². The summed E-state index contributed by atoms with van der Waals surface area (Å²) < 4.78 is 0. The molecule has 0 spiro atoms.